The first-order valence-corrected chi connectivity index (χ1v) is 13.7. The SMILES string of the molecule is C[C@H](N)CCCc1cc(Cl)c(F)c(-c2cc3cn(-c4ccc(C5(CCN)CN(C(=N)N)C5)cc4)c(=O)nc3[nH]2)c1. The van der Waals surface area contributed by atoms with E-state index >= 15 is 4.39 Å². The first kappa shape index (κ1) is 27.8. The van der Waals surface area contributed by atoms with E-state index in [1.165, 1.54) is 4.57 Å². The molecule has 4 aromatic rings. The van der Waals surface area contributed by atoms with E-state index in [1.54, 1.807) is 24.4 Å². The molecule has 0 saturated carbocycles. The molecule has 0 amide bonds. The maximum atomic E-state index is 15.1. The predicted molar refractivity (Wildman–Crippen MR) is 158 cm³/mol. The van der Waals surface area contributed by atoms with Crippen molar-refractivity contribution in [1.82, 2.24) is 19.4 Å². The first-order valence-electron chi connectivity index (χ1n) is 13.4. The Morgan fingerprint density at radius 1 is 1.25 bits per heavy atom. The number of aryl methyl sites for hydroxylation is 1. The van der Waals surface area contributed by atoms with Gasteiger partial charge in [0.2, 0.25) is 0 Å². The average molecular weight is 565 g/mol. The Bertz CT molecular complexity index is 1610. The fourth-order valence-corrected chi connectivity index (χ4v) is 5.77. The zero-order chi connectivity index (χ0) is 28.6. The molecule has 0 radical (unpaired) electrons. The summed E-state index contributed by atoms with van der Waals surface area (Å²) in [6.07, 6.45) is 4.92. The molecular formula is C29H34ClFN8O. The standard InChI is InChI=1S/C29H34ClFN8O/c1-17(33)3-2-4-18-11-22(25(31)23(30)12-18)24-13-19-14-39(28(40)37-26(19)36-24)21-7-5-20(6-8-21)29(9-10-32)15-38(16-29)27(34)35/h5-8,11-14,17H,2-4,9-10,15-16,32-33H2,1H3,(H3,34,35)(H,36,37,40)/t17-/m0/s1. The van der Waals surface area contributed by atoms with Crippen LogP contribution in [0.1, 0.15) is 37.3 Å². The second-order valence-electron chi connectivity index (χ2n) is 10.8. The van der Waals surface area contributed by atoms with Crippen LogP contribution in [-0.2, 0) is 11.8 Å². The van der Waals surface area contributed by atoms with E-state index in [4.69, 9.17) is 34.2 Å². The summed E-state index contributed by atoms with van der Waals surface area (Å²) in [6, 6.07) is 13.0. The molecule has 0 aliphatic carbocycles. The van der Waals surface area contributed by atoms with Crippen LogP contribution in [0.15, 0.2) is 53.5 Å². The van der Waals surface area contributed by atoms with Crippen molar-refractivity contribution in [3.8, 4) is 16.9 Å². The highest BCUT2D eigenvalue weighted by Crippen LogP contribution is 2.37. The third kappa shape index (κ3) is 5.34. The lowest BCUT2D eigenvalue weighted by molar-refractivity contribution is 0.129. The van der Waals surface area contributed by atoms with E-state index in [-0.39, 0.29) is 22.4 Å². The Labute approximate surface area is 236 Å². The molecule has 9 nitrogen and oxygen atoms in total. The Hall–Kier alpha value is -3.73. The number of H-pyrrole nitrogens is 1. The molecule has 1 saturated heterocycles. The van der Waals surface area contributed by atoms with Gasteiger partial charge in [0, 0.05) is 41.7 Å². The van der Waals surface area contributed by atoms with Crippen LogP contribution in [0.3, 0.4) is 0 Å². The van der Waals surface area contributed by atoms with Crippen LogP contribution in [0.2, 0.25) is 5.02 Å². The molecular weight excluding hydrogens is 531 g/mol. The van der Waals surface area contributed by atoms with Gasteiger partial charge in [-0.25, -0.2) is 9.18 Å². The van der Waals surface area contributed by atoms with E-state index in [2.05, 4.69) is 9.97 Å². The second-order valence-corrected chi connectivity index (χ2v) is 11.2. The number of nitrogens with zero attached hydrogens (tertiary/aromatic N) is 3. The summed E-state index contributed by atoms with van der Waals surface area (Å²) >= 11 is 6.23. The van der Waals surface area contributed by atoms with E-state index in [0.29, 0.717) is 47.6 Å². The Morgan fingerprint density at radius 3 is 2.62 bits per heavy atom. The Kier molecular flexibility index (Phi) is 7.67. The van der Waals surface area contributed by atoms with Crippen LogP contribution >= 0.6 is 11.6 Å². The molecule has 8 N–H and O–H groups in total. The number of fused-ring (bicyclic) bond motifs is 1. The van der Waals surface area contributed by atoms with Gasteiger partial charge in [0.15, 0.2) is 11.8 Å². The van der Waals surface area contributed by atoms with Crippen LogP contribution in [-0.4, -0.2) is 51.1 Å². The Morgan fingerprint density at radius 2 is 1.98 bits per heavy atom. The molecule has 1 fully saturated rings. The molecule has 11 heteroatoms. The smallest absolute Gasteiger partial charge is 0.354 e. The van der Waals surface area contributed by atoms with Crippen LogP contribution in [0.4, 0.5) is 4.39 Å². The fraction of sp³-hybridized carbons (Fsp3) is 0.345. The first-order chi connectivity index (χ1) is 19.1. The van der Waals surface area contributed by atoms with Crippen molar-refractivity contribution in [2.45, 2.75) is 44.1 Å². The molecule has 1 atom stereocenters. The number of hydrogen-bond donors (Lipinski definition) is 5. The van der Waals surface area contributed by atoms with Crippen molar-refractivity contribution in [2.75, 3.05) is 19.6 Å². The molecule has 3 heterocycles. The predicted octanol–water partition coefficient (Wildman–Crippen LogP) is 3.64. The molecule has 0 spiro atoms. The van der Waals surface area contributed by atoms with Gasteiger partial charge in [0.25, 0.3) is 0 Å². The van der Waals surface area contributed by atoms with E-state index in [9.17, 15) is 4.79 Å². The lowest BCUT2D eigenvalue weighted by Gasteiger charge is -2.51. The molecule has 2 aromatic heterocycles. The van der Waals surface area contributed by atoms with Gasteiger partial charge < -0.3 is 27.1 Å². The zero-order valence-electron chi connectivity index (χ0n) is 22.4. The highest BCUT2D eigenvalue weighted by Gasteiger charge is 2.44. The minimum atomic E-state index is -0.527. The summed E-state index contributed by atoms with van der Waals surface area (Å²) in [4.78, 5) is 22.1. The average Bonchev–Trinajstić information content (AvgIpc) is 3.29. The number of halogens is 2. The number of benzene rings is 2. The zero-order valence-corrected chi connectivity index (χ0v) is 23.1. The number of nitrogens with one attached hydrogen (secondary N) is 2. The van der Waals surface area contributed by atoms with Crippen LogP contribution in [0, 0.1) is 11.2 Å². The maximum absolute atomic E-state index is 15.1. The molecule has 40 heavy (non-hydrogen) atoms. The van der Waals surface area contributed by atoms with Crippen molar-refractivity contribution < 1.29 is 4.39 Å². The summed E-state index contributed by atoms with van der Waals surface area (Å²) in [5.41, 5.74) is 20.6. The fourth-order valence-electron chi connectivity index (χ4n) is 5.53. The van der Waals surface area contributed by atoms with Crippen molar-refractivity contribution in [3.05, 3.63) is 81.1 Å². The van der Waals surface area contributed by atoms with Crippen molar-refractivity contribution >= 4 is 28.6 Å². The maximum Gasteiger partial charge on any atom is 0.354 e. The number of guanidine groups is 1. The number of hydrogen-bond acceptors (Lipinski definition) is 5. The van der Waals surface area contributed by atoms with Gasteiger partial charge >= 0.3 is 5.69 Å². The number of aromatic amines is 1. The van der Waals surface area contributed by atoms with Crippen molar-refractivity contribution in [1.29, 1.82) is 5.41 Å². The monoisotopic (exact) mass is 564 g/mol. The molecule has 0 bridgehead atoms. The normalized spacial score (nSPS) is 15.3. The summed E-state index contributed by atoms with van der Waals surface area (Å²) in [5.74, 6) is -0.475. The molecule has 1 aliphatic heterocycles. The van der Waals surface area contributed by atoms with Crippen LogP contribution < -0.4 is 22.9 Å². The minimum absolute atomic E-state index is 0.0462. The molecule has 210 valence electrons. The number of likely N-dealkylation sites (tertiary alicyclic amines) is 1. The molecule has 0 unspecified atom stereocenters. The van der Waals surface area contributed by atoms with Gasteiger partial charge in [-0.05, 0) is 80.6 Å². The van der Waals surface area contributed by atoms with Gasteiger partial charge in [0.1, 0.15) is 5.65 Å². The van der Waals surface area contributed by atoms with E-state index < -0.39 is 11.5 Å². The van der Waals surface area contributed by atoms with Gasteiger partial charge in [-0.15, -0.1) is 0 Å². The third-order valence-corrected chi connectivity index (χ3v) is 7.99. The Balaban J connectivity index is 1.44. The summed E-state index contributed by atoms with van der Waals surface area (Å²) in [5, 5.41) is 8.39. The van der Waals surface area contributed by atoms with Gasteiger partial charge in [-0.3, -0.25) is 9.98 Å². The second kappa shape index (κ2) is 11.0. The highest BCUT2D eigenvalue weighted by molar-refractivity contribution is 6.31. The van der Waals surface area contributed by atoms with Crippen LogP contribution in [0.5, 0.6) is 0 Å². The lowest BCUT2D eigenvalue weighted by Crippen LogP contribution is -2.63. The van der Waals surface area contributed by atoms with Crippen LogP contribution in [0.25, 0.3) is 28.0 Å². The topological polar surface area (TPSA) is 156 Å². The third-order valence-electron chi connectivity index (χ3n) is 7.72. The van der Waals surface area contributed by atoms with Gasteiger partial charge in [-0.2, -0.15) is 4.98 Å². The summed E-state index contributed by atoms with van der Waals surface area (Å²) in [6.45, 7) is 3.74. The number of aromatic nitrogens is 3. The highest BCUT2D eigenvalue weighted by atomic mass is 35.5. The number of nitrogens with two attached hydrogens (primary N) is 3. The number of rotatable bonds is 9. The lowest BCUT2D eigenvalue weighted by atomic mass is 9.71. The summed E-state index contributed by atoms with van der Waals surface area (Å²) < 4.78 is 16.5. The molecule has 5 rings (SSSR count). The van der Waals surface area contributed by atoms with E-state index in [0.717, 1.165) is 36.8 Å². The largest absolute Gasteiger partial charge is 0.370 e. The van der Waals surface area contributed by atoms with E-state index in [1.807, 2.05) is 36.1 Å². The van der Waals surface area contributed by atoms with Crippen molar-refractivity contribution in [2.24, 2.45) is 17.2 Å². The minimum Gasteiger partial charge on any atom is -0.370 e. The quantitative estimate of drug-likeness (QED) is 0.154. The molecule has 2 aromatic carbocycles. The summed E-state index contributed by atoms with van der Waals surface area (Å²) in [7, 11) is 0. The van der Waals surface area contributed by atoms with Gasteiger partial charge in [-0.1, -0.05) is 23.7 Å². The van der Waals surface area contributed by atoms with Gasteiger partial charge in [0.05, 0.1) is 16.4 Å². The van der Waals surface area contributed by atoms with Crippen molar-refractivity contribution in [3.63, 3.8) is 0 Å². The molecule has 1 aliphatic rings.